The predicted molar refractivity (Wildman–Crippen MR) is 97.1 cm³/mol. The molecule has 8 heteroatoms. The number of nitrogens with zero attached hydrogens (tertiary/aromatic N) is 2. The molecule has 0 aromatic carbocycles. The van der Waals surface area contributed by atoms with Gasteiger partial charge in [-0.2, -0.15) is 0 Å². The number of rotatable bonds is 5. The SMILES string of the molecule is CCC(C)(C)C1CCC(NS(=O)(=O)c2cn(C)c(=O)n(C)c2=O)CC1. The van der Waals surface area contributed by atoms with Crippen LogP contribution in [0.15, 0.2) is 20.7 Å². The molecule has 1 saturated carbocycles. The second kappa shape index (κ2) is 7.07. The lowest BCUT2D eigenvalue weighted by Crippen LogP contribution is -2.44. The maximum Gasteiger partial charge on any atom is 0.330 e. The summed E-state index contributed by atoms with van der Waals surface area (Å²) in [5, 5.41) is 0. The number of hydrogen-bond donors (Lipinski definition) is 1. The van der Waals surface area contributed by atoms with E-state index >= 15 is 0 Å². The third-order valence-electron chi connectivity index (χ3n) is 5.77. The average Bonchev–Trinajstić information content (AvgIpc) is 2.56. The molecule has 0 radical (unpaired) electrons. The van der Waals surface area contributed by atoms with Crippen LogP contribution in [-0.4, -0.2) is 23.6 Å². The molecule has 7 nitrogen and oxygen atoms in total. The van der Waals surface area contributed by atoms with Gasteiger partial charge in [0.05, 0.1) is 0 Å². The maximum absolute atomic E-state index is 12.6. The van der Waals surface area contributed by atoms with E-state index in [2.05, 4.69) is 25.5 Å². The second-order valence-electron chi connectivity index (χ2n) is 7.76. The fourth-order valence-corrected chi connectivity index (χ4v) is 4.99. The van der Waals surface area contributed by atoms with Crippen LogP contribution in [0.4, 0.5) is 0 Å². The van der Waals surface area contributed by atoms with Crippen LogP contribution >= 0.6 is 0 Å². The highest BCUT2D eigenvalue weighted by Gasteiger charge is 2.33. The van der Waals surface area contributed by atoms with Crippen LogP contribution in [0.1, 0.15) is 52.9 Å². The van der Waals surface area contributed by atoms with Crippen molar-refractivity contribution in [3.05, 3.63) is 27.0 Å². The third-order valence-corrected chi connectivity index (χ3v) is 7.27. The Kier molecular flexibility index (Phi) is 5.63. The van der Waals surface area contributed by atoms with Gasteiger partial charge in [-0.15, -0.1) is 0 Å². The molecular weight excluding hydrogens is 342 g/mol. The smallest absolute Gasteiger partial charge is 0.302 e. The highest BCUT2D eigenvalue weighted by atomic mass is 32.2. The van der Waals surface area contributed by atoms with Crippen molar-refractivity contribution in [3.8, 4) is 0 Å². The van der Waals surface area contributed by atoms with Gasteiger partial charge in [-0.25, -0.2) is 17.9 Å². The van der Waals surface area contributed by atoms with Crippen molar-refractivity contribution in [1.82, 2.24) is 13.9 Å². The molecule has 1 aliphatic carbocycles. The predicted octanol–water partition coefficient (Wildman–Crippen LogP) is 1.36. The number of sulfonamides is 1. The average molecular weight is 372 g/mol. The molecule has 0 bridgehead atoms. The highest BCUT2D eigenvalue weighted by Crippen LogP contribution is 2.40. The molecule has 25 heavy (non-hydrogen) atoms. The summed E-state index contributed by atoms with van der Waals surface area (Å²) in [6.45, 7) is 6.71. The summed E-state index contributed by atoms with van der Waals surface area (Å²) in [4.78, 5) is 23.5. The molecule has 0 atom stereocenters. The Morgan fingerprint density at radius 3 is 2.24 bits per heavy atom. The monoisotopic (exact) mass is 371 g/mol. The van der Waals surface area contributed by atoms with Crippen molar-refractivity contribution in [1.29, 1.82) is 0 Å². The Hall–Kier alpha value is -1.41. The van der Waals surface area contributed by atoms with Gasteiger partial charge in [0.25, 0.3) is 5.56 Å². The number of aryl methyl sites for hydroxylation is 1. The summed E-state index contributed by atoms with van der Waals surface area (Å²) in [5.41, 5.74) is -1.08. The van der Waals surface area contributed by atoms with Gasteiger partial charge < -0.3 is 4.57 Å². The summed E-state index contributed by atoms with van der Waals surface area (Å²) in [6, 6.07) is -0.171. The maximum atomic E-state index is 12.6. The summed E-state index contributed by atoms with van der Waals surface area (Å²) in [6.07, 6.45) is 5.67. The molecule has 1 fully saturated rings. The van der Waals surface area contributed by atoms with Crippen molar-refractivity contribution in [2.75, 3.05) is 0 Å². The summed E-state index contributed by atoms with van der Waals surface area (Å²) >= 11 is 0. The van der Waals surface area contributed by atoms with E-state index < -0.39 is 21.3 Å². The van der Waals surface area contributed by atoms with Crippen LogP contribution in [0.5, 0.6) is 0 Å². The summed E-state index contributed by atoms with van der Waals surface area (Å²) in [7, 11) is -1.25. The molecule has 0 spiro atoms. The molecule has 1 aromatic heterocycles. The zero-order chi connectivity index (χ0) is 19.0. The van der Waals surface area contributed by atoms with Gasteiger partial charge in [-0.05, 0) is 37.0 Å². The first-order chi connectivity index (χ1) is 11.5. The van der Waals surface area contributed by atoms with E-state index in [1.54, 1.807) is 0 Å². The molecule has 0 saturated heterocycles. The molecule has 142 valence electrons. The lowest BCUT2D eigenvalue weighted by molar-refractivity contribution is 0.142. The zero-order valence-corrected chi connectivity index (χ0v) is 16.5. The minimum atomic E-state index is -3.95. The Labute approximate surface area is 149 Å². The van der Waals surface area contributed by atoms with E-state index in [0.29, 0.717) is 5.92 Å². The molecule has 1 N–H and O–H groups in total. The number of hydrogen-bond acceptors (Lipinski definition) is 4. The fourth-order valence-electron chi connectivity index (χ4n) is 3.52. The van der Waals surface area contributed by atoms with Crippen molar-refractivity contribution >= 4 is 10.0 Å². The Morgan fingerprint density at radius 1 is 1.16 bits per heavy atom. The molecule has 0 unspecified atom stereocenters. The van der Waals surface area contributed by atoms with E-state index in [1.165, 1.54) is 14.1 Å². The molecule has 1 aliphatic rings. The van der Waals surface area contributed by atoms with E-state index in [-0.39, 0.29) is 16.4 Å². The van der Waals surface area contributed by atoms with E-state index in [1.807, 2.05) is 0 Å². The Balaban J connectivity index is 2.17. The first-order valence-electron chi connectivity index (χ1n) is 8.78. The van der Waals surface area contributed by atoms with E-state index in [4.69, 9.17) is 0 Å². The van der Waals surface area contributed by atoms with Gasteiger partial charge >= 0.3 is 5.69 Å². The van der Waals surface area contributed by atoms with E-state index in [9.17, 15) is 18.0 Å². The topological polar surface area (TPSA) is 90.2 Å². The lowest BCUT2D eigenvalue weighted by atomic mass is 9.69. The van der Waals surface area contributed by atoms with Crippen molar-refractivity contribution in [2.45, 2.75) is 63.8 Å². The van der Waals surface area contributed by atoms with Gasteiger partial charge in [0.2, 0.25) is 10.0 Å². The normalized spacial score (nSPS) is 22.1. The number of aromatic nitrogens is 2. The molecule has 1 aromatic rings. The van der Waals surface area contributed by atoms with Crippen LogP contribution < -0.4 is 16.0 Å². The minimum absolute atomic E-state index is 0.171. The Morgan fingerprint density at radius 2 is 1.72 bits per heavy atom. The first-order valence-corrected chi connectivity index (χ1v) is 10.3. The van der Waals surface area contributed by atoms with Crippen molar-refractivity contribution in [3.63, 3.8) is 0 Å². The number of nitrogens with one attached hydrogen (secondary N) is 1. The second-order valence-corrected chi connectivity index (χ2v) is 9.45. The van der Waals surface area contributed by atoms with Crippen LogP contribution in [0.3, 0.4) is 0 Å². The van der Waals surface area contributed by atoms with E-state index in [0.717, 1.165) is 47.4 Å². The minimum Gasteiger partial charge on any atom is -0.302 e. The van der Waals surface area contributed by atoms with Crippen molar-refractivity contribution in [2.24, 2.45) is 25.4 Å². The van der Waals surface area contributed by atoms with Crippen LogP contribution in [0.2, 0.25) is 0 Å². The third kappa shape index (κ3) is 4.06. The molecule has 1 heterocycles. The standard InChI is InChI=1S/C17H29N3O4S/c1-6-17(2,3)12-7-9-13(10-8-12)18-25(23,24)14-11-19(4)16(22)20(5)15(14)21/h11-13,18H,6-10H2,1-5H3. The van der Waals surface area contributed by atoms with Crippen LogP contribution in [0, 0.1) is 11.3 Å². The van der Waals surface area contributed by atoms with Gasteiger partial charge in [0.1, 0.15) is 0 Å². The van der Waals surface area contributed by atoms with Crippen LogP contribution in [-0.2, 0) is 24.1 Å². The quantitative estimate of drug-likeness (QED) is 0.846. The Bertz CT molecular complexity index is 844. The molecule has 2 rings (SSSR count). The summed E-state index contributed by atoms with van der Waals surface area (Å²) < 4.78 is 29.8. The largest absolute Gasteiger partial charge is 0.330 e. The molecule has 0 aliphatic heterocycles. The zero-order valence-electron chi connectivity index (χ0n) is 15.7. The fraction of sp³-hybridized carbons (Fsp3) is 0.765. The molecular formula is C17H29N3O4S. The van der Waals surface area contributed by atoms with Crippen LogP contribution in [0.25, 0.3) is 0 Å². The highest BCUT2D eigenvalue weighted by molar-refractivity contribution is 7.89. The van der Waals surface area contributed by atoms with Gasteiger partial charge in [-0.1, -0.05) is 27.2 Å². The van der Waals surface area contributed by atoms with Gasteiger partial charge in [0.15, 0.2) is 4.90 Å². The lowest BCUT2D eigenvalue weighted by Gasteiger charge is -2.38. The summed E-state index contributed by atoms with van der Waals surface area (Å²) in [5.74, 6) is 0.587. The van der Waals surface area contributed by atoms with Crippen molar-refractivity contribution < 1.29 is 8.42 Å². The first kappa shape index (κ1) is 19.9. The van der Waals surface area contributed by atoms with Gasteiger partial charge in [0, 0.05) is 26.3 Å². The molecule has 0 amide bonds. The van der Waals surface area contributed by atoms with Gasteiger partial charge in [-0.3, -0.25) is 9.36 Å².